The van der Waals surface area contributed by atoms with Gasteiger partial charge in [0.1, 0.15) is 12.4 Å². The molecule has 1 aliphatic rings. The van der Waals surface area contributed by atoms with E-state index in [4.69, 9.17) is 4.74 Å². The maximum Gasteiger partial charge on any atom is 0.127 e. The average molecular weight is 262 g/mol. The van der Waals surface area contributed by atoms with Crippen molar-refractivity contribution in [2.24, 2.45) is 0 Å². The van der Waals surface area contributed by atoms with Gasteiger partial charge in [-0.15, -0.1) is 0 Å². The second kappa shape index (κ2) is 5.38. The molecule has 3 rings (SSSR count). The minimum absolute atomic E-state index is 0.644. The first kappa shape index (κ1) is 12.7. The van der Waals surface area contributed by atoms with E-state index in [0.29, 0.717) is 6.61 Å². The van der Waals surface area contributed by atoms with Crippen molar-refractivity contribution in [1.29, 1.82) is 0 Å². The van der Waals surface area contributed by atoms with Crippen LogP contribution in [-0.2, 0) is 0 Å². The van der Waals surface area contributed by atoms with Gasteiger partial charge in [0.2, 0.25) is 0 Å². The molecule has 20 heavy (non-hydrogen) atoms. The summed E-state index contributed by atoms with van der Waals surface area (Å²) in [4.78, 5) is 0. The van der Waals surface area contributed by atoms with E-state index in [1.165, 1.54) is 22.3 Å². The Hall–Kier alpha value is -2.28. The minimum atomic E-state index is 0.644. The van der Waals surface area contributed by atoms with Gasteiger partial charge in [0.25, 0.3) is 0 Å². The first-order valence-corrected chi connectivity index (χ1v) is 6.90. The standard InChI is InChI=1S/C19H18O/c1-14-7-9-16(10-8-14)11-15(2)18-12-17-5-3-4-6-19(17)20-13-18/h3-12H,13H2,1-2H3/b15-11+. The van der Waals surface area contributed by atoms with Gasteiger partial charge in [-0.05, 0) is 42.7 Å². The highest BCUT2D eigenvalue weighted by Crippen LogP contribution is 2.29. The molecule has 100 valence electrons. The van der Waals surface area contributed by atoms with Crippen molar-refractivity contribution in [3.8, 4) is 5.75 Å². The Kier molecular flexibility index (Phi) is 3.42. The summed E-state index contributed by atoms with van der Waals surface area (Å²) in [7, 11) is 0. The number of hydrogen-bond donors (Lipinski definition) is 0. The fraction of sp³-hybridized carbons (Fsp3) is 0.158. The third-order valence-electron chi connectivity index (χ3n) is 3.60. The largest absolute Gasteiger partial charge is 0.488 e. The highest BCUT2D eigenvalue weighted by molar-refractivity contribution is 5.70. The molecule has 1 nitrogen and oxygen atoms in total. The minimum Gasteiger partial charge on any atom is -0.488 e. The van der Waals surface area contributed by atoms with Crippen molar-refractivity contribution >= 4 is 12.2 Å². The maximum atomic E-state index is 5.80. The zero-order valence-electron chi connectivity index (χ0n) is 11.9. The molecule has 0 N–H and O–H groups in total. The predicted octanol–water partition coefficient (Wildman–Crippen LogP) is 4.87. The monoisotopic (exact) mass is 262 g/mol. The fourth-order valence-corrected chi connectivity index (χ4v) is 2.35. The smallest absolute Gasteiger partial charge is 0.127 e. The molecule has 0 fully saturated rings. The van der Waals surface area contributed by atoms with Crippen LogP contribution < -0.4 is 4.74 Å². The highest BCUT2D eigenvalue weighted by Gasteiger charge is 2.11. The molecular formula is C19H18O. The molecule has 0 amide bonds. The molecular weight excluding hydrogens is 244 g/mol. The zero-order chi connectivity index (χ0) is 13.9. The molecule has 0 saturated carbocycles. The van der Waals surface area contributed by atoms with Crippen LogP contribution in [0.2, 0.25) is 0 Å². The van der Waals surface area contributed by atoms with Crippen LogP contribution in [0.25, 0.3) is 12.2 Å². The fourth-order valence-electron chi connectivity index (χ4n) is 2.35. The SMILES string of the molecule is C/C(=C\c1ccc(C)cc1)C1=Cc2ccccc2OC1. The molecule has 0 radical (unpaired) electrons. The van der Waals surface area contributed by atoms with Crippen LogP contribution in [-0.4, -0.2) is 6.61 Å². The highest BCUT2D eigenvalue weighted by atomic mass is 16.5. The number of ether oxygens (including phenoxy) is 1. The van der Waals surface area contributed by atoms with Gasteiger partial charge >= 0.3 is 0 Å². The molecule has 1 heteroatoms. The Morgan fingerprint density at radius 3 is 2.60 bits per heavy atom. The van der Waals surface area contributed by atoms with Crippen LogP contribution in [0.5, 0.6) is 5.75 Å². The molecule has 1 aliphatic heterocycles. The van der Waals surface area contributed by atoms with Gasteiger partial charge in [0, 0.05) is 5.56 Å². The van der Waals surface area contributed by atoms with Crippen LogP contribution in [0, 0.1) is 6.92 Å². The Labute approximate surface area is 120 Å². The molecule has 2 aromatic carbocycles. The van der Waals surface area contributed by atoms with Gasteiger partial charge in [-0.1, -0.05) is 54.1 Å². The molecule has 0 atom stereocenters. The van der Waals surface area contributed by atoms with Crippen molar-refractivity contribution in [2.45, 2.75) is 13.8 Å². The topological polar surface area (TPSA) is 9.23 Å². The lowest BCUT2D eigenvalue weighted by Gasteiger charge is -2.18. The lowest BCUT2D eigenvalue weighted by atomic mass is 10.00. The maximum absolute atomic E-state index is 5.80. The lowest BCUT2D eigenvalue weighted by molar-refractivity contribution is 0.349. The summed E-state index contributed by atoms with van der Waals surface area (Å²) in [5.41, 5.74) is 6.17. The summed E-state index contributed by atoms with van der Waals surface area (Å²) in [5.74, 6) is 0.972. The van der Waals surface area contributed by atoms with E-state index < -0.39 is 0 Å². The number of rotatable bonds is 2. The molecule has 0 spiro atoms. The normalized spacial score (nSPS) is 14.3. The average Bonchev–Trinajstić information content (AvgIpc) is 2.49. The van der Waals surface area contributed by atoms with Crippen molar-refractivity contribution < 1.29 is 4.74 Å². The predicted molar refractivity (Wildman–Crippen MR) is 84.7 cm³/mol. The first-order chi connectivity index (χ1) is 9.72. The second-order valence-corrected chi connectivity index (χ2v) is 5.23. The Morgan fingerprint density at radius 1 is 1.05 bits per heavy atom. The number of fused-ring (bicyclic) bond motifs is 1. The summed E-state index contributed by atoms with van der Waals surface area (Å²) in [6.07, 6.45) is 4.43. The van der Waals surface area contributed by atoms with Crippen LogP contribution in [0.15, 0.2) is 59.7 Å². The van der Waals surface area contributed by atoms with Gasteiger partial charge in [-0.3, -0.25) is 0 Å². The summed E-state index contributed by atoms with van der Waals surface area (Å²) >= 11 is 0. The van der Waals surface area contributed by atoms with E-state index >= 15 is 0 Å². The summed E-state index contributed by atoms with van der Waals surface area (Å²) in [6, 6.07) is 16.7. The molecule has 0 saturated heterocycles. The van der Waals surface area contributed by atoms with E-state index in [0.717, 1.165) is 11.3 Å². The van der Waals surface area contributed by atoms with Gasteiger partial charge in [-0.2, -0.15) is 0 Å². The molecule has 2 aromatic rings. The van der Waals surface area contributed by atoms with Crippen LogP contribution in [0.4, 0.5) is 0 Å². The number of benzene rings is 2. The third kappa shape index (κ3) is 2.67. The number of hydrogen-bond acceptors (Lipinski definition) is 1. The Balaban J connectivity index is 1.90. The van der Waals surface area contributed by atoms with Gasteiger partial charge < -0.3 is 4.74 Å². The molecule has 0 aromatic heterocycles. The molecule has 0 aliphatic carbocycles. The molecule has 1 heterocycles. The quantitative estimate of drug-likeness (QED) is 0.750. The summed E-state index contributed by atoms with van der Waals surface area (Å²) in [6.45, 7) is 4.89. The van der Waals surface area contributed by atoms with E-state index in [9.17, 15) is 0 Å². The zero-order valence-corrected chi connectivity index (χ0v) is 11.9. The van der Waals surface area contributed by atoms with Gasteiger partial charge in [0.05, 0.1) is 0 Å². The van der Waals surface area contributed by atoms with Crippen molar-refractivity contribution in [3.05, 3.63) is 76.4 Å². The van der Waals surface area contributed by atoms with Gasteiger partial charge in [0.15, 0.2) is 0 Å². The van der Waals surface area contributed by atoms with Crippen LogP contribution in [0.3, 0.4) is 0 Å². The summed E-state index contributed by atoms with van der Waals surface area (Å²) < 4.78 is 5.80. The lowest BCUT2D eigenvalue weighted by Crippen LogP contribution is -2.07. The third-order valence-corrected chi connectivity index (χ3v) is 3.60. The number of para-hydroxylation sites is 1. The Morgan fingerprint density at radius 2 is 1.80 bits per heavy atom. The van der Waals surface area contributed by atoms with E-state index in [2.05, 4.69) is 56.3 Å². The van der Waals surface area contributed by atoms with E-state index in [1.807, 2.05) is 18.2 Å². The Bertz CT molecular complexity index is 675. The summed E-state index contributed by atoms with van der Waals surface area (Å²) in [5, 5.41) is 0. The van der Waals surface area contributed by atoms with Crippen LogP contribution in [0.1, 0.15) is 23.6 Å². The molecule has 0 bridgehead atoms. The van der Waals surface area contributed by atoms with Gasteiger partial charge in [-0.25, -0.2) is 0 Å². The van der Waals surface area contributed by atoms with Crippen molar-refractivity contribution in [2.75, 3.05) is 6.61 Å². The van der Waals surface area contributed by atoms with Crippen molar-refractivity contribution in [3.63, 3.8) is 0 Å². The second-order valence-electron chi connectivity index (χ2n) is 5.23. The number of aryl methyl sites for hydroxylation is 1. The van der Waals surface area contributed by atoms with E-state index in [1.54, 1.807) is 0 Å². The van der Waals surface area contributed by atoms with Crippen LogP contribution >= 0.6 is 0 Å². The van der Waals surface area contributed by atoms with Crippen molar-refractivity contribution in [1.82, 2.24) is 0 Å². The molecule has 0 unspecified atom stereocenters. The first-order valence-electron chi connectivity index (χ1n) is 6.90. The van der Waals surface area contributed by atoms with E-state index in [-0.39, 0.29) is 0 Å².